The van der Waals surface area contributed by atoms with E-state index < -0.39 is 0 Å². The summed E-state index contributed by atoms with van der Waals surface area (Å²) in [5.74, 6) is -0.241. The van der Waals surface area contributed by atoms with Gasteiger partial charge in [0, 0.05) is 51.0 Å². The zero-order chi connectivity index (χ0) is 14.0. The van der Waals surface area contributed by atoms with Crippen molar-refractivity contribution in [2.75, 3.05) is 19.6 Å². The van der Waals surface area contributed by atoms with Crippen LogP contribution in [0, 0.1) is 0 Å². The third-order valence-corrected chi connectivity index (χ3v) is 3.73. The normalized spacial score (nSPS) is 22.0. The molecule has 1 aliphatic heterocycles. The number of primary amides is 1. The van der Waals surface area contributed by atoms with Gasteiger partial charge in [-0.05, 0) is 13.8 Å². The van der Waals surface area contributed by atoms with E-state index in [0.717, 1.165) is 25.2 Å². The molecule has 1 fully saturated rings. The number of carbonyl (C=O) groups excluding carboxylic acids is 1. The maximum absolute atomic E-state index is 11.7. The minimum Gasteiger partial charge on any atom is -0.368 e. The average Bonchev–Trinajstić information content (AvgIpc) is 2.74. The fraction of sp³-hybridized carbons (Fsp3) is 0.692. The van der Waals surface area contributed by atoms with Crippen molar-refractivity contribution in [3.05, 3.63) is 18.0 Å². The first-order valence-electron chi connectivity index (χ1n) is 6.72. The summed E-state index contributed by atoms with van der Waals surface area (Å²) in [5.41, 5.74) is 6.67. The monoisotopic (exact) mass is 265 g/mol. The minimum absolute atomic E-state index is 0.212. The second-order valence-electron chi connectivity index (χ2n) is 5.50. The van der Waals surface area contributed by atoms with Gasteiger partial charge in [-0.15, -0.1) is 0 Å². The lowest BCUT2D eigenvalue weighted by Gasteiger charge is -2.41. The summed E-state index contributed by atoms with van der Waals surface area (Å²) in [6.45, 7) is 7.58. The Hall–Kier alpha value is -1.40. The van der Waals surface area contributed by atoms with Gasteiger partial charge in [0.2, 0.25) is 5.91 Å². The van der Waals surface area contributed by atoms with Crippen LogP contribution in [0.15, 0.2) is 12.4 Å². The molecule has 106 valence electrons. The Balaban J connectivity index is 2.05. The maximum Gasteiger partial charge on any atom is 0.236 e. The van der Waals surface area contributed by atoms with Gasteiger partial charge in [0.25, 0.3) is 0 Å². The SMILES string of the molecule is CC(C)N1CCN(Cc2cnn(C)c2)[C@@H](C(N)=O)C1. The van der Waals surface area contributed by atoms with Gasteiger partial charge in [-0.2, -0.15) is 5.10 Å². The topological polar surface area (TPSA) is 67.4 Å². The van der Waals surface area contributed by atoms with Crippen molar-refractivity contribution in [3.8, 4) is 0 Å². The van der Waals surface area contributed by atoms with Gasteiger partial charge in [-0.25, -0.2) is 0 Å². The second kappa shape index (κ2) is 5.71. The van der Waals surface area contributed by atoms with Crippen LogP contribution < -0.4 is 5.73 Å². The Bertz CT molecular complexity index is 442. The van der Waals surface area contributed by atoms with E-state index in [9.17, 15) is 4.79 Å². The predicted octanol–water partition coefficient (Wildman–Crippen LogP) is -0.200. The summed E-state index contributed by atoms with van der Waals surface area (Å²) < 4.78 is 1.78. The maximum atomic E-state index is 11.7. The molecule has 2 heterocycles. The van der Waals surface area contributed by atoms with Gasteiger partial charge in [0.15, 0.2) is 0 Å². The summed E-state index contributed by atoms with van der Waals surface area (Å²) in [7, 11) is 1.89. The highest BCUT2D eigenvalue weighted by Gasteiger charge is 2.31. The number of piperazine rings is 1. The fourth-order valence-corrected chi connectivity index (χ4v) is 2.56. The van der Waals surface area contributed by atoms with E-state index in [0.29, 0.717) is 12.6 Å². The molecular weight excluding hydrogens is 242 g/mol. The molecule has 0 bridgehead atoms. The standard InChI is InChI=1S/C13H23N5O/c1-10(2)17-4-5-18(12(9-17)13(14)19)8-11-6-15-16(3)7-11/h6-7,10,12H,4-5,8-9H2,1-3H3,(H2,14,19)/t12-/m1/s1. The molecular formula is C13H23N5O. The number of amides is 1. The van der Waals surface area contributed by atoms with Gasteiger partial charge in [-0.1, -0.05) is 0 Å². The zero-order valence-corrected chi connectivity index (χ0v) is 11.9. The lowest BCUT2D eigenvalue weighted by atomic mass is 10.1. The van der Waals surface area contributed by atoms with Gasteiger partial charge < -0.3 is 5.73 Å². The van der Waals surface area contributed by atoms with Crippen LogP contribution in [0.25, 0.3) is 0 Å². The van der Waals surface area contributed by atoms with Crippen LogP contribution in [-0.4, -0.2) is 57.2 Å². The summed E-state index contributed by atoms with van der Waals surface area (Å²) in [5, 5.41) is 4.16. The Morgan fingerprint density at radius 2 is 2.26 bits per heavy atom. The van der Waals surface area contributed by atoms with Crippen molar-refractivity contribution in [1.82, 2.24) is 19.6 Å². The third kappa shape index (κ3) is 3.33. The average molecular weight is 265 g/mol. The molecule has 0 spiro atoms. The largest absolute Gasteiger partial charge is 0.368 e. The summed E-state index contributed by atoms with van der Waals surface area (Å²) in [6, 6.07) is 0.235. The Labute approximate surface area is 114 Å². The minimum atomic E-state index is -0.241. The predicted molar refractivity (Wildman–Crippen MR) is 73.3 cm³/mol. The number of nitrogens with zero attached hydrogens (tertiary/aromatic N) is 4. The Morgan fingerprint density at radius 1 is 1.53 bits per heavy atom. The van der Waals surface area contributed by atoms with Crippen LogP contribution in [0.5, 0.6) is 0 Å². The van der Waals surface area contributed by atoms with Gasteiger partial charge >= 0.3 is 0 Å². The number of aryl methyl sites for hydroxylation is 1. The molecule has 2 rings (SSSR count). The molecule has 1 atom stereocenters. The number of hydrogen-bond donors (Lipinski definition) is 1. The lowest BCUT2D eigenvalue weighted by Crippen LogP contribution is -2.58. The summed E-state index contributed by atoms with van der Waals surface area (Å²) in [6.07, 6.45) is 3.82. The van der Waals surface area contributed by atoms with Crippen LogP contribution in [0.3, 0.4) is 0 Å². The number of hydrogen-bond acceptors (Lipinski definition) is 4. The molecule has 1 aliphatic rings. The summed E-state index contributed by atoms with van der Waals surface area (Å²) >= 11 is 0. The van der Waals surface area contributed by atoms with E-state index in [1.54, 1.807) is 4.68 Å². The third-order valence-electron chi connectivity index (χ3n) is 3.73. The van der Waals surface area contributed by atoms with Crippen LogP contribution in [0.4, 0.5) is 0 Å². The Morgan fingerprint density at radius 3 is 2.79 bits per heavy atom. The molecule has 0 aromatic carbocycles. The van der Waals surface area contributed by atoms with Crippen molar-refractivity contribution in [2.45, 2.75) is 32.5 Å². The van der Waals surface area contributed by atoms with Crippen molar-refractivity contribution in [2.24, 2.45) is 12.8 Å². The number of nitrogens with two attached hydrogens (primary N) is 1. The molecule has 1 aromatic rings. The van der Waals surface area contributed by atoms with Gasteiger partial charge in [0.1, 0.15) is 6.04 Å². The van der Waals surface area contributed by atoms with Crippen LogP contribution in [-0.2, 0) is 18.4 Å². The van der Waals surface area contributed by atoms with Gasteiger partial charge in [-0.3, -0.25) is 19.3 Å². The molecule has 0 saturated carbocycles. The van der Waals surface area contributed by atoms with E-state index in [1.165, 1.54) is 0 Å². The van der Waals surface area contributed by atoms with Crippen LogP contribution >= 0.6 is 0 Å². The number of aromatic nitrogens is 2. The quantitative estimate of drug-likeness (QED) is 0.819. The fourth-order valence-electron chi connectivity index (χ4n) is 2.56. The molecule has 6 nitrogen and oxygen atoms in total. The first-order valence-corrected chi connectivity index (χ1v) is 6.72. The first-order chi connectivity index (χ1) is 8.97. The van der Waals surface area contributed by atoms with E-state index in [-0.39, 0.29) is 11.9 Å². The highest BCUT2D eigenvalue weighted by atomic mass is 16.1. The lowest BCUT2D eigenvalue weighted by molar-refractivity contribution is -0.126. The van der Waals surface area contributed by atoms with E-state index in [4.69, 9.17) is 5.73 Å². The van der Waals surface area contributed by atoms with Crippen LogP contribution in [0.2, 0.25) is 0 Å². The van der Waals surface area contributed by atoms with Gasteiger partial charge in [0.05, 0.1) is 6.20 Å². The molecule has 0 aliphatic carbocycles. The number of carbonyl (C=O) groups is 1. The Kier molecular flexibility index (Phi) is 4.21. The molecule has 1 saturated heterocycles. The zero-order valence-electron chi connectivity index (χ0n) is 11.9. The highest BCUT2D eigenvalue weighted by molar-refractivity contribution is 5.80. The van der Waals surface area contributed by atoms with Crippen molar-refractivity contribution in [1.29, 1.82) is 0 Å². The highest BCUT2D eigenvalue weighted by Crippen LogP contribution is 2.15. The molecule has 2 N–H and O–H groups in total. The number of rotatable bonds is 4. The van der Waals surface area contributed by atoms with Crippen molar-refractivity contribution in [3.63, 3.8) is 0 Å². The molecule has 1 amide bonds. The summed E-state index contributed by atoms with van der Waals surface area (Å²) in [4.78, 5) is 16.1. The molecule has 19 heavy (non-hydrogen) atoms. The molecule has 6 heteroatoms. The van der Waals surface area contributed by atoms with Crippen molar-refractivity contribution >= 4 is 5.91 Å². The molecule has 0 radical (unpaired) electrons. The van der Waals surface area contributed by atoms with Crippen LogP contribution in [0.1, 0.15) is 19.4 Å². The molecule has 1 aromatic heterocycles. The van der Waals surface area contributed by atoms with E-state index >= 15 is 0 Å². The second-order valence-corrected chi connectivity index (χ2v) is 5.50. The smallest absolute Gasteiger partial charge is 0.236 e. The van der Waals surface area contributed by atoms with E-state index in [2.05, 4.69) is 28.7 Å². The molecule has 0 unspecified atom stereocenters. The van der Waals surface area contributed by atoms with Crippen molar-refractivity contribution < 1.29 is 4.79 Å². The van der Waals surface area contributed by atoms with E-state index in [1.807, 2.05) is 19.4 Å². The first kappa shape index (κ1) is 14.0.